The standard InChI is InChI=1S/C19H18ClF2NO5S/c1-23(10-12-2-4-13(5-3-12)28-19(21)22)17(25)11-27-18(26)9-6-14(24)15-7-8-16(20)29-15/h2-5,7-8,19H,6,9-11H2,1H3. The van der Waals surface area contributed by atoms with Crippen molar-refractivity contribution in [2.45, 2.75) is 26.0 Å². The number of hydrogen-bond acceptors (Lipinski definition) is 6. The second-order valence-electron chi connectivity index (χ2n) is 5.96. The molecule has 0 aliphatic rings. The summed E-state index contributed by atoms with van der Waals surface area (Å²) in [6.07, 6.45) is -0.177. The van der Waals surface area contributed by atoms with Gasteiger partial charge in [0.25, 0.3) is 5.91 Å². The number of ketones is 1. The van der Waals surface area contributed by atoms with Crippen LogP contribution in [0.5, 0.6) is 5.75 Å². The number of esters is 1. The number of ether oxygens (including phenoxy) is 2. The Morgan fingerprint density at radius 2 is 1.79 bits per heavy atom. The highest BCUT2D eigenvalue weighted by atomic mass is 35.5. The van der Waals surface area contributed by atoms with Crippen LogP contribution in [0.3, 0.4) is 0 Å². The fourth-order valence-corrected chi connectivity index (χ4v) is 3.28. The fourth-order valence-electron chi connectivity index (χ4n) is 2.27. The summed E-state index contributed by atoms with van der Waals surface area (Å²) in [5, 5.41) is 0. The molecule has 2 rings (SSSR count). The van der Waals surface area contributed by atoms with Crippen LogP contribution in [0, 0.1) is 0 Å². The number of benzene rings is 1. The van der Waals surface area contributed by atoms with E-state index in [-0.39, 0.29) is 30.9 Å². The summed E-state index contributed by atoms with van der Waals surface area (Å²) < 4.78 is 33.9. The van der Waals surface area contributed by atoms with Gasteiger partial charge in [-0.2, -0.15) is 8.78 Å². The second-order valence-corrected chi connectivity index (χ2v) is 7.67. The van der Waals surface area contributed by atoms with Crippen molar-refractivity contribution in [1.82, 2.24) is 4.90 Å². The number of carbonyl (C=O) groups is 3. The van der Waals surface area contributed by atoms with Gasteiger partial charge in [0.2, 0.25) is 0 Å². The lowest BCUT2D eigenvalue weighted by Crippen LogP contribution is -2.30. The van der Waals surface area contributed by atoms with E-state index < -0.39 is 25.1 Å². The monoisotopic (exact) mass is 445 g/mol. The van der Waals surface area contributed by atoms with Gasteiger partial charge in [-0.3, -0.25) is 14.4 Å². The zero-order chi connectivity index (χ0) is 21.4. The van der Waals surface area contributed by atoms with Gasteiger partial charge in [0, 0.05) is 20.0 Å². The molecule has 1 amide bonds. The molecule has 0 atom stereocenters. The smallest absolute Gasteiger partial charge is 0.387 e. The Labute approximate surface area is 175 Å². The number of alkyl halides is 2. The van der Waals surface area contributed by atoms with Crippen LogP contribution < -0.4 is 4.74 Å². The van der Waals surface area contributed by atoms with Crippen molar-refractivity contribution in [3.63, 3.8) is 0 Å². The van der Waals surface area contributed by atoms with E-state index in [0.717, 1.165) is 11.3 Å². The predicted molar refractivity (Wildman–Crippen MR) is 103 cm³/mol. The third-order valence-corrected chi connectivity index (χ3v) is 5.03. The minimum absolute atomic E-state index is 0.0195. The molecular weight excluding hydrogens is 428 g/mol. The van der Waals surface area contributed by atoms with Gasteiger partial charge in [-0.1, -0.05) is 23.7 Å². The molecule has 0 unspecified atom stereocenters. The van der Waals surface area contributed by atoms with Crippen LogP contribution >= 0.6 is 22.9 Å². The number of likely N-dealkylation sites (N-methyl/N-ethyl adjacent to an activating group) is 1. The Hall–Kier alpha value is -2.52. The quantitative estimate of drug-likeness (QED) is 0.405. The Bertz CT molecular complexity index is 857. The summed E-state index contributed by atoms with van der Waals surface area (Å²) in [6.45, 7) is -3.16. The largest absolute Gasteiger partial charge is 0.456 e. The van der Waals surface area contributed by atoms with Crippen molar-refractivity contribution in [3.8, 4) is 5.75 Å². The number of nitrogens with zero attached hydrogens (tertiary/aromatic N) is 1. The maximum Gasteiger partial charge on any atom is 0.387 e. The molecule has 29 heavy (non-hydrogen) atoms. The summed E-state index contributed by atoms with van der Waals surface area (Å²) in [5.41, 5.74) is 0.689. The van der Waals surface area contributed by atoms with Crippen LogP contribution in [0.1, 0.15) is 28.1 Å². The molecule has 2 aromatic rings. The molecule has 0 bridgehead atoms. The van der Waals surface area contributed by atoms with E-state index in [1.54, 1.807) is 24.3 Å². The van der Waals surface area contributed by atoms with E-state index in [1.807, 2.05) is 0 Å². The van der Waals surface area contributed by atoms with Crippen LogP contribution in [-0.2, 0) is 20.9 Å². The number of carbonyl (C=O) groups excluding carboxylic acids is 3. The Balaban J connectivity index is 1.72. The van der Waals surface area contributed by atoms with Gasteiger partial charge >= 0.3 is 12.6 Å². The topological polar surface area (TPSA) is 72.9 Å². The van der Waals surface area contributed by atoms with E-state index in [2.05, 4.69) is 4.74 Å². The summed E-state index contributed by atoms with van der Waals surface area (Å²) >= 11 is 6.90. The number of rotatable bonds is 10. The number of thiophene rings is 1. The molecular formula is C19H18ClF2NO5S. The number of halogens is 3. The molecule has 0 N–H and O–H groups in total. The van der Waals surface area contributed by atoms with Crippen molar-refractivity contribution in [3.05, 3.63) is 51.2 Å². The van der Waals surface area contributed by atoms with E-state index in [1.165, 1.54) is 24.1 Å². The first-order valence-electron chi connectivity index (χ1n) is 8.46. The van der Waals surface area contributed by atoms with Crippen LogP contribution in [0.15, 0.2) is 36.4 Å². The first-order chi connectivity index (χ1) is 13.7. The number of hydrogen-bond donors (Lipinski definition) is 0. The lowest BCUT2D eigenvalue weighted by molar-refractivity contribution is -0.151. The fraction of sp³-hybridized carbons (Fsp3) is 0.316. The summed E-state index contributed by atoms with van der Waals surface area (Å²) in [5.74, 6) is -1.30. The van der Waals surface area contributed by atoms with E-state index >= 15 is 0 Å². The van der Waals surface area contributed by atoms with Gasteiger partial charge in [0.15, 0.2) is 12.4 Å². The van der Waals surface area contributed by atoms with Crippen molar-refractivity contribution in [2.24, 2.45) is 0 Å². The molecule has 0 aliphatic heterocycles. The van der Waals surface area contributed by atoms with E-state index in [0.29, 0.717) is 14.8 Å². The maximum atomic E-state index is 12.1. The van der Waals surface area contributed by atoms with Crippen molar-refractivity contribution in [1.29, 1.82) is 0 Å². The third kappa shape index (κ3) is 7.78. The molecule has 0 spiro atoms. The Kier molecular flexibility index (Phi) is 8.53. The van der Waals surface area contributed by atoms with Crippen LogP contribution in [0.4, 0.5) is 8.78 Å². The SMILES string of the molecule is CN(Cc1ccc(OC(F)F)cc1)C(=O)COC(=O)CCC(=O)c1ccc(Cl)s1. The lowest BCUT2D eigenvalue weighted by atomic mass is 10.2. The molecule has 1 aromatic carbocycles. The first kappa shape index (κ1) is 22.8. The van der Waals surface area contributed by atoms with Crippen LogP contribution in [0.2, 0.25) is 4.34 Å². The molecule has 6 nitrogen and oxygen atoms in total. The zero-order valence-electron chi connectivity index (χ0n) is 15.4. The zero-order valence-corrected chi connectivity index (χ0v) is 17.0. The minimum atomic E-state index is -2.90. The van der Waals surface area contributed by atoms with Gasteiger partial charge in [0.1, 0.15) is 5.75 Å². The summed E-state index contributed by atoms with van der Waals surface area (Å²) in [4.78, 5) is 37.5. The lowest BCUT2D eigenvalue weighted by Gasteiger charge is -2.17. The Morgan fingerprint density at radius 1 is 1.10 bits per heavy atom. The number of Topliss-reactive ketones (excluding diaryl/α,β-unsaturated/α-hetero) is 1. The molecule has 0 fully saturated rings. The predicted octanol–water partition coefficient (Wildman–Crippen LogP) is 4.17. The van der Waals surface area contributed by atoms with Crippen LogP contribution in [0.25, 0.3) is 0 Å². The number of amides is 1. The van der Waals surface area contributed by atoms with Gasteiger partial charge < -0.3 is 14.4 Å². The average molecular weight is 446 g/mol. The molecule has 10 heteroatoms. The molecule has 0 radical (unpaired) electrons. The van der Waals surface area contributed by atoms with Crippen molar-refractivity contribution >= 4 is 40.6 Å². The summed E-state index contributed by atoms with van der Waals surface area (Å²) in [6, 6.07) is 9.04. The maximum absolute atomic E-state index is 12.1. The third-order valence-electron chi connectivity index (χ3n) is 3.75. The van der Waals surface area contributed by atoms with E-state index in [9.17, 15) is 23.2 Å². The summed E-state index contributed by atoms with van der Waals surface area (Å²) in [7, 11) is 1.52. The molecule has 1 heterocycles. The molecule has 0 saturated heterocycles. The van der Waals surface area contributed by atoms with Gasteiger partial charge in [-0.25, -0.2) is 0 Å². The molecule has 0 aliphatic carbocycles. The van der Waals surface area contributed by atoms with Crippen LogP contribution in [-0.4, -0.2) is 42.8 Å². The minimum Gasteiger partial charge on any atom is -0.456 e. The molecule has 1 aromatic heterocycles. The highest BCUT2D eigenvalue weighted by Gasteiger charge is 2.15. The Morgan fingerprint density at radius 3 is 2.38 bits per heavy atom. The normalized spacial score (nSPS) is 10.7. The van der Waals surface area contributed by atoms with Crippen molar-refractivity contribution < 1.29 is 32.6 Å². The van der Waals surface area contributed by atoms with Gasteiger partial charge in [-0.05, 0) is 29.8 Å². The molecule has 0 saturated carbocycles. The van der Waals surface area contributed by atoms with E-state index in [4.69, 9.17) is 16.3 Å². The van der Waals surface area contributed by atoms with Gasteiger partial charge in [0.05, 0.1) is 15.6 Å². The highest BCUT2D eigenvalue weighted by molar-refractivity contribution is 7.18. The average Bonchev–Trinajstić information content (AvgIpc) is 3.11. The molecule has 156 valence electrons. The first-order valence-corrected chi connectivity index (χ1v) is 9.66. The van der Waals surface area contributed by atoms with Crippen molar-refractivity contribution in [2.75, 3.05) is 13.7 Å². The second kappa shape index (κ2) is 10.9. The van der Waals surface area contributed by atoms with Gasteiger partial charge in [-0.15, -0.1) is 11.3 Å². The highest BCUT2D eigenvalue weighted by Crippen LogP contribution is 2.23.